The van der Waals surface area contributed by atoms with Crippen LogP contribution >= 0.6 is 11.6 Å². The third kappa shape index (κ3) is 5.62. The first-order valence-electron chi connectivity index (χ1n) is 9.77. The molecule has 0 bridgehead atoms. The largest absolute Gasteiger partial charge is 0.457 e. The van der Waals surface area contributed by atoms with E-state index in [0.29, 0.717) is 16.5 Å². The topological polar surface area (TPSA) is 142 Å². The van der Waals surface area contributed by atoms with Gasteiger partial charge in [0.25, 0.3) is 5.91 Å². The minimum absolute atomic E-state index is 0.0979. The van der Waals surface area contributed by atoms with Crippen LogP contribution in [-0.2, 0) is 19.4 Å². The van der Waals surface area contributed by atoms with Crippen molar-refractivity contribution in [2.75, 3.05) is 12.3 Å². The van der Waals surface area contributed by atoms with E-state index in [1.54, 1.807) is 24.3 Å². The highest BCUT2D eigenvalue weighted by Crippen LogP contribution is 2.26. The van der Waals surface area contributed by atoms with Crippen LogP contribution in [0.5, 0.6) is 11.5 Å². The molecule has 0 aromatic heterocycles. The molecule has 12 heteroatoms. The predicted octanol–water partition coefficient (Wildman–Crippen LogP) is 2.36. The fraction of sp³-hybridized carbons (Fsp3) is 0.286. The summed E-state index contributed by atoms with van der Waals surface area (Å²) in [7, 11) is -4.03. The Kier molecular flexibility index (Phi) is 6.96. The van der Waals surface area contributed by atoms with Crippen LogP contribution in [0.1, 0.15) is 13.8 Å². The quantitative estimate of drug-likeness (QED) is 0.290. The average Bonchev–Trinajstić information content (AvgIpc) is 2.96. The van der Waals surface area contributed by atoms with Gasteiger partial charge >= 0.3 is 6.03 Å². The van der Waals surface area contributed by atoms with E-state index < -0.39 is 51.4 Å². The van der Waals surface area contributed by atoms with E-state index in [-0.39, 0.29) is 4.90 Å². The number of benzene rings is 2. The lowest BCUT2D eigenvalue weighted by molar-refractivity contribution is -0.135. The van der Waals surface area contributed by atoms with Gasteiger partial charge in [0.2, 0.25) is 5.91 Å². The van der Waals surface area contributed by atoms with Gasteiger partial charge in [0.15, 0.2) is 9.84 Å². The highest BCUT2D eigenvalue weighted by molar-refractivity contribution is 7.91. The fourth-order valence-electron chi connectivity index (χ4n) is 3.22. The molecule has 0 saturated carbocycles. The maximum atomic E-state index is 12.9. The summed E-state index contributed by atoms with van der Waals surface area (Å²) >= 11 is 5.83. The molecular formula is C21H22ClN3O7S. The van der Waals surface area contributed by atoms with Crippen LogP contribution in [0.2, 0.25) is 5.02 Å². The zero-order valence-electron chi connectivity index (χ0n) is 17.7. The van der Waals surface area contributed by atoms with Gasteiger partial charge in [-0.25, -0.2) is 18.7 Å². The molecule has 2 aromatic rings. The number of ether oxygens (including phenoxy) is 1. The zero-order chi connectivity index (χ0) is 24.4. The van der Waals surface area contributed by atoms with E-state index in [2.05, 4.69) is 5.32 Å². The zero-order valence-corrected chi connectivity index (χ0v) is 19.3. The predicted molar refractivity (Wildman–Crippen MR) is 118 cm³/mol. The second kappa shape index (κ2) is 9.38. The molecule has 10 nitrogen and oxygen atoms in total. The second-order valence-electron chi connectivity index (χ2n) is 7.95. The number of halogens is 1. The number of urea groups is 1. The second-order valence-corrected chi connectivity index (χ2v) is 10.4. The Labute approximate surface area is 195 Å². The van der Waals surface area contributed by atoms with Crippen LogP contribution in [0.25, 0.3) is 0 Å². The summed E-state index contributed by atoms with van der Waals surface area (Å²) in [5.41, 5.74) is 0.217. The van der Waals surface area contributed by atoms with Crippen LogP contribution in [0.4, 0.5) is 4.79 Å². The van der Waals surface area contributed by atoms with E-state index in [0.717, 1.165) is 4.90 Å². The Bertz CT molecular complexity index is 1170. The molecule has 1 aliphatic heterocycles. The molecular weight excluding hydrogens is 474 g/mol. The summed E-state index contributed by atoms with van der Waals surface area (Å²) in [4.78, 5) is 37.3. The van der Waals surface area contributed by atoms with Crippen molar-refractivity contribution < 1.29 is 32.7 Å². The number of hydroxylamine groups is 1. The number of rotatable bonds is 8. The van der Waals surface area contributed by atoms with Crippen molar-refractivity contribution in [2.45, 2.75) is 24.3 Å². The normalized spacial score (nSPS) is 16.3. The average molecular weight is 496 g/mol. The van der Waals surface area contributed by atoms with E-state index in [4.69, 9.17) is 21.5 Å². The number of carbonyl (C=O) groups is 3. The first-order chi connectivity index (χ1) is 15.4. The molecule has 4 amide bonds. The lowest BCUT2D eigenvalue weighted by Crippen LogP contribution is -2.45. The van der Waals surface area contributed by atoms with Crippen LogP contribution in [0.3, 0.4) is 0 Å². The Hall–Kier alpha value is -3.15. The number of carbonyl (C=O) groups excluding carboxylic acids is 3. The molecule has 33 heavy (non-hydrogen) atoms. The highest BCUT2D eigenvalue weighted by Gasteiger charge is 2.46. The van der Waals surface area contributed by atoms with E-state index >= 15 is 0 Å². The minimum Gasteiger partial charge on any atom is -0.457 e. The van der Waals surface area contributed by atoms with Gasteiger partial charge in [-0.3, -0.25) is 19.7 Å². The molecule has 1 unspecified atom stereocenters. The molecule has 1 saturated heterocycles. The maximum absolute atomic E-state index is 12.9. The van der Waals surface area contributed by atoms with Gasteiger partial charge in [-0.2, -0.15) is 0 Å². The van der Waals surface area contributed by atoms with Gasteiger partial charge in [0.1, 0.15) is 17.0 Å². The number of imide groups is 1. The lowest BCUT2D eigenvalue weighted by Gasteiger charge is -2.21. The molecule has 1 aliphatic rings. The van der Waals surface area contributed by atoms with Crippen molar-refractivity contribution in [1.29, 1.82) is 0 Å². The van der Waals surface area contributed by atoms with Gasteiger partial charge in [0.05, 0.1) is 16.6 Å². The van der Waals surface area contributed by atoms with Gasteiger partial charge in [-0.15, -0.1) is 0 Å². The van der Waals surface area contributed by atoms with Gasteiger partial charge < -0.3 is 10.1 Å². The molecule has 0 radical (unpaired) electrons. The fourth-order valence-corrected chi connectivity index (χ4v) is 4.88. The third-order valence-electron chi connectivity index (χ3n) is 4.98. The van der Waals surface area contributed by atoms with E-state index in [1.165, 1.54) is 43.6 Å². The summed E-state index contributed by atoms with van der Waals surface area (Å²) in [5, 5.41) is 12.0. The summed E-state index contributed by atoms with van der Waals surface area (Å²) in [6.45, 7) is 2.45. The van der Waals surface area contributed by atoms with E-state index in [9.17, 15) is 22.8 Å². The first-order valence-corrected chi connectivity index (χ1v) is 11.8. The number of nitrogens with one attached hydrogen (secondary N) is 2. The molecule has 0 spiro atoms. The molecule has 3 N–H and O–H groups in total. The van der Waals surface area contributed by atoms with Crippen molar-refractivity contribution in [3.8, 4) is 11.5 Å². The van der Waals surface area contributed by atoms with Crippen LogP contribution < -0.4 is 15.5 Å². The van der Waals surface area contributed by atoms with Gasteiger partial charge in [-0.05, 0) is 62.4 Å². The number of nitrogens with zero attached hydrogens (tertiary/aromatic N) is 1. The molecule has 0 aliphatic carbocycles. The smallest absolute Gasteiger partial charge is 0.325 e. The number of sulfone groups is 1. The molecule has 1 atom stereocenters. The molecule has 1 heterocycles. The Morgan fingerprint density at radius 1 is 1.12 bits per heavy atom. The summed E-state index contributed by atoms with van der Waals surface area (Å²) < 4.78 is 31.5. The Morgan fingerprint density at radius 3 is 2.15 bits per heavy atom. The summed E-state index contributed by atoms with van der Waals surface area (Å²) in [5.74, 6) is -2.90. The maximum Gasteiger partial charge on any atom is 0.325 e. The van der Waals surface area contributed by atoms with Crippen molar-refractivity contribution in [3.63, 3.8) is 0 Å². The first kappa shape index (κ1) is 24.5. The van der Waals surface area contributed by atoms with Crippen LogP contribution in [0.15, 0.2) is 53.4 Å². The van der Waals surface area contributed by atoms with E-state index in [1.807, 2.05) is 0 Å². The van der Waals surface area contributed by atoms with Crippen molar-refractivity contribution in [1.82, 2.24) is 15.7 Å². The highest BCUT2D eigenvalue weighted by atomic mass is 35.5. The van der Waals surface area contributed by atoms with Crippen LogP contribution in [0, 0.1) is 5.92 Å². The van der Waals surface area contributed by atoms with Gasteiger partial charge in [-0.1, -0.05) is 11.6 Å². The van der Waals surface area contributed by atoms with Gasteiger partial charge in [0, 0.05) is 11.6 Å². The monoisotopic (exact) mass is 495 g/mol. The van der Waals surface area contributed by atoms with Crippen molar-refractivity contribution in [3.05, 3.63) is 53.6 Å². The lowest BCUT2D eigenvalue weighted by atomic mass is 10.1. The minimum atomic E-state index is -4.03. The SMILES string of the molecule is CC1(C)NC(=O)N(CC(CS(=O)(=O)c2ccc(Oc3ccc(Cl)cc3)cc2)C(=O)NO)C1=O. The number of hydrogen-bond donors (Lipinski definition) is 3. The summed E-state index contributed by atoms with van der Waals surface area (Å²) in [6.07, 6.45) is 0. The molecule has 3 rings (SSSR count). The molecule has 1 fully saturated rings. The molecule has 2 aromatic carbocycles. The van der Waals surface area contributed by atoms with Crippen molar-refractivity contribution >= 4 is 39.3 Å². The molecule has 176 valence electrons. The number of hydrogen-bond acceptors (Lipinski definition) is 7. The third-order valence-corrected chi connectivity index (χ3v) is 7.06. The standard InChI is InChI=1S/C21H22ClN3O7S/c1-21(2)19(27)25(20(28)23-21)11-13(18(26)24-29)12-33(30,31)17-9-7-16(8-10-17)32-15-5-3-14(22)4-6-15/h3-10,13,29H,11-12H2,1-2H3,(H,23,28)(H,24,26). The Morgan fingerprint density at radius 2 is 1.67 bits per heavy atom. The van der Waals surface area contributed by atoms with Crippen LogP contribution in [-0.4, -0.2) is 54.2 Å². The summed E-state index contributed by atoms with van der Waals surface area (Å²) in [6, 6.07) is 11.4. The van der Waals surface area contributed by atoms with Crippen molar-refractivity contribution in [2.24, 2.45) is 5.92 Å². The number of amides is 4. The Balaban J connectivity index is 1.75.